The fraction of sp³-hybridized carbons (Fsp3) is 0.812. The van der Waals surface area contributed by atoms with Gasteiger partial charge in [0.15, 0.2) is 20.0 Å². The van der Waals surface area contributed by atoms with E-state index in [0.717, 1.165) is 4.13 Å². The molecule has 45 heavy (non-hydrogen) atoms. The topological polar surface area (TPSA) is 115 Å². The SMILES string of the molecule is CCN1C=CN(CCOC(=O)C(F)(F)C(F)(F)C(F)(F)C(F)(F)C(F)(F)C(F)F)C1.O=S(=O)([N-]S(=O)(=O)C(F)(F)F)C(F)(F)F. The minimum atomic E-state index is -7.76. The van der Waals surface area contributed by atoms with Gasteiger partial charge in [-0.2, -0.15) is 70.2 Å². The lowest BCUT2D eigenvalue weighted by molar-refractivity contribution is -0.408. The fourth-order valence-electron chi connectivity index (χ4n) is 2.30. The van der Waals surface area contributed by atoms with Crippen molar-refractivity contribution in [2.24, 2.45) is 0 Å². The monoisotopic (exact) mass is 750 g/mol. The molecule has 0 aromatic rings. The van der Waals surface area contributed by atoms with E-state index in [-0.39, 0.29) is 6.67 Å². The highest BCUT2D eigenvalue weighted by molar-refractivity contribution is 8.13. The van der Waals surface area contributed by atoms with Crippen LogP contribution in [0.4, 0.5) is 79.0 Å². The molecule has 0 unspecified atom stereocenters. The molecule has 1 heterocycles. The summed E-state index contributed by atoms with van der Waals surface area (Å²) in [6, 6.07) is 0. The molecule has 0 saturated heterocycles. The van der Waals surface area contributed by atoms with Crippen LogP contribution >= 0.6 is 0 Å². The van der Waals surface area contributed by atoms with Gasteiger partial charge in [0.2, 0.25) is 0 Å². The summed E-state index contributed by atoms with van der Waals surface area (Å²) in [4.78, 5) is 14.1. The van der Waals surface area contributed by atoms with Gasteiger partial charge >= 0.3 is 53.0 Å². The Labute approximate surface area is 238 Å². The molecule has 9 nitrogen and oxygen atoms in total. The lowest BCUT2D eigenvalue weighted by Crippen LogP contribution is -2.70. The smallest absolute Gasteiger partial charge is 0.459 e. The molecule has 0 radical (unpaired) electrons. The van der Waals surface area contributed by atoms with Crippen LogP contribution in [0.1, 0.15) is 6.92 Å². The van der Waals surface area contributed by atoms with Crippen LogP contribution in [-0.4, -0.2) is 106 Å². The van der Waals surface area contributed by atoms with Crippen molar-refractivity contribution in [1.29, 1.82) is 0 Å². The highest BCUT2D eigenvalue weighted by Gasteiger charge is 2.89. The van der Waals surface area contributed by atoms with E-state index in [1.165, 1.54) is 17.3 Å². The van der Waals surface area contributed by atoms with Gasteiger partial charge < -0.3 is 18.7 Å². The molecule has 0 atom stereocenters. The summed E-state index contributed by atoms with van der Waals surface area (Å²) in [6.07, 6.45) is -2.73. The Kier molecular flexibility index (Phi) is 12.5. The van der Waals surface area contributed by atoms with Crippen molar-refractivity contribution in [3.63, 3.8) is 0 Å². The summed E-state index contributed by atoms with van der Waals surface area (Å²) in [5.41, 5.74) is -12.4. The van der Waals surface area contributed by atoms with Crippen LogP contribution in [0.15, 0.2) is 12.4 Å². The van der Waals surface area contributed by atoms with Gasteiger partial charge in [-0.1, -0.05) is 0 Å². The molecule has 1 aliphatic rings. The molecule has 268 valence electrons. The van der Waals surface area contributed by atoms with Crippen LogP contribution < -0.4 is 0 Å². The molecule has 0 amide bonds. The number of nitrogens with zero attached hydrogens (tertiary/aromatic N) is 3. The maximum Gasteiger partial charge on any atom is 0.480 e. The zero-order chi connectivity index (χ0) is 36.5. The van der Waals surface area contributed by atoms with Crippen molar-refractivity contribution in [3.05, 3.63) is 16.5 Å². The van der Waals surface area contributed by atoms with Gasteiger partial charge in [-0.05, 0) is 6.92 Å². The van der Waals surface area contributed by atoms with Gasteiger partial charge in [-0.25, -0.2) is 30.4 Å². The highest BCUT2D eigenvalue weighted by Crippen LogP contribution is 2.58. The van der Waals surface area contributed by atoms with Crippen molar-refractivity contribution in [2.45, 2.75) is 54.0 Å². The largest absolute Gasteiger partial charge is 0.480 e. The number of ether oxygens (including phenoxy) is 1. The van der Waals surface area contributed by atoms with Crippen LogP contribution in [0.3, 0.4) is 0 Å². The Bertz CT molecular complexity index is 1240. The van der Waals surface area contributed by atoms with Gasteiger partial charge in [0, 0.05) is 18.9 Å². The first kappa shape index (κ1) is 42.4. The Balaban J connectivity index is 0.00000109. The third-order valence-electron chi connectivity index (χ3n) is 4.78. The molecule has 0 saturated carbocycles. The van der Waals surface area contributed by atoms with Crippen LogP contribution in [0.2, 0.25) is 0 Å². The molecule has 1 rings (SSSR count). The van der Waals surface area contributed by atoms with E-state index in [0.29, 0.717) is 6.54 Å². The standard InChI is InChI=1S/C14H14F12N2O2.C2F6NO4S2/c1-2-27-3-4-28(7-27)5-6-30-9(29)11(19,20)13(23,24)14(25,26)12(21,22)10(17,18)8(15)16;3-1(4,5)14(10,11)9-15(12,13)2(6,7)8/h3-4,8H,2,5-7H2,1H3;/q;-1. The van der Waals surface area contributed by atoms with Crippen LogP contribution in [-0.2, 0) is 29.6 Å². The maximum atomic E-state index is 13.5. The van der Waals surface area contributed by atoms with E-state index in [1.54, 1.807) is 11.8 Å². The average molecular weight is 750 g/mol. The molecule has 0 fully saturated rings. The molecule has 0 N–H and O–H groups in total. The van der Waals surface area contributed by atoms with E-state index in [2.05, 4.69) is 4.74 Å². The number of rotatable bonds is 12. The minimum absolute atomic E-state index is 0.160. The van der Waals surface area contributed by atoms with Crippen molar-refractivity contribution in [2.75, 3.05) is 26.4 Å². The fourth-order valence-corrected chi connectivity index (χ4v) is 4.01. The van der Waals surface area contributed by atoms with Crippen LogP contribution in [0.25, 0.3) is 4.13 Å². The summed E-state index contributed by atoms with van der Waals surface area (Å²) in [5, 5.41) is 0. The molecule has 0 spiro atoms. The number of carbonyl (C=O) groups is 1. The summed E-state index contributed by atoms with van der Waals surface area (Å²) < 4.78 is 269. The number of hydrogen-bond donors (Lipinski definition) is 0. The van der Waals surface area contributed by atoms with Crippen molar-refractivity contribution in [1.82, 2.24) is 9.80 Å². The summed E-state index contributed by atoms with van der Waals surface area (Å²) >= 11 is 0. The normalized spacial score (nSPS) is 16.2. The third-order valence-corrected chi connectivity index (χ3v) is 7.52. The predicted octanol–water partition coefficient (Wildman–Crippen LogP) is 5.10. The minimum Gasteiger partial charge on any atom is -0.459 e. The van der Waals surface area contributed by atoms with Gasteiger partial charge in [-0.15, -0.1) is 0 Å². The van der Waals surface area contributed by atoms with Gasteiger partial charge in [0.05, 0.1) is 13.2 Å². The van der Waals surface area contributed by atoms with E-state index in [9.17, 15) is 101 Å². The van der Waals surface area contributed by atoms with Gasteiger partial charge in [-0.3, -0.25) is 0 Å². The third kappa shape index (κ3) is 8.61. The molecular weight excluding hydrogens is 736 g/mol. The van der Waals surface area contributed by atoms with E-state index in [4.69, 9.17) is 0 Å². The predicted molar refractivity (Wildman–Crippen MR) is 108 cm³/mol. The second-order valence-electron chi connectivity index (χ2n) is 7.93. The van der Waals surface area contributed by atoms with Crippen LogP contribution in [0.5, 0.6) is 0 Å². The first-order chi connectivity index (χ1) is 19.6. The number of carbonyl (C=O) groups excluding carboxylic acids is 1. The molecule has 29 heteroatoms. The molecule has 0 aromatic carbocycles. The lowest BCUT2D eigenvalue weighted by atomic mass is 9.94. The van der Waals surface area contributed by atoms with Crippen LogP contribution in [0, 0.1) is 0 Å². The molecule has 0 bridgehead atoms. The molecule has 0 aliphatic carbocycles. The van der Waals surface area contributed by atoms with Crippen molar-refractivity contribution < 1.29 is 105 Å². The van der Waals surface area contributed by atoms with E-state index >= 15 is 0 Å². The molecule has 0 aromatic heterocycles. The summed E-state index contributed by atoms with van der Waals surface area (Å²) in [5.74, 6) is -40.2. The van der Waals surface area contributed by atoms with Gasteiger partial charge in [0.1, 0.15) is 6.61 Å². The second kappa shape index (κ2) is 13.3. The molecule has 1 aliphatic heterocycles. The Morgan fingerprint density at radius 2 is 1.13 bits per heavy atom. The van der Waals surface area contributed by atoms with E-state index in [1.807, 2.05) is 0 Å². The molecular formula is C16H14F18N3O6S2-. The summed E-state index contributed by atoms with van der Waals surface area (Å²) in [7, 11) is -13.4. The number of alkyl halides is 18. The Morgan fingerprint density at radius 3 is 1.47 bits per heavy atom. The number of esters is 1. The second-order valence-corrected chi connectivity index (χ2v) is 11.4. The number of sulfonamides is 2. The first-order valence-electron chi connectivity index (χ1n) is 10.5. The number of hydrogen-bond acceptors (Lipinski definition) is 8. The lowest BCUT2D eigenvalue weighted by Gasteiger charge is -2.38. The highest BCUT2D eigenvalue weighted by atomic mass is 32.3. The number of halogens is 18. The summed E-state index contributed by atoms with van der Waals surface area (Å²) in [6.45, 7) is 0.888. The average Bonchev–Trinajstić information content (AvgIpc) is 3.29. The zero-order valence-corrected chi connectivity index (χ0v) is 22.6. The first-order valence-corrected chi connectivity index (χ1v) is 13.3. The van der Waals surface area contributed by atoms with Crippen molar-refractivity contribution in [3.8, 4) is 0 Å². The Morgan fingerprint density at radius 1 is 0.733 bits per heavy atom. The quantitative estimate of drug-likeness (QED) is 0.200. The van der Waals surface area contributed by atoms with Crippen molar-refractivity contribution >= 4 is 26.0 Å². The maximum absolute atomic E-state index is 13.5. The zero-order valence-electron chi connectivity index (χ0n) is 21.0. The Hall–Kier alpha value is -2.59. The van der Waals surface area contributed by atoms with E-state index < -0.39 is 86.2 Å². The van der Waals surface area contributed by atoms with Gasteiger partial charge in [0.25, 0.3) is 0 Å².